The standard InChI is InChI=1S/C30H32N8O3/c1-36(2)29(40)30(41)37-14-3-4-23(18-37)26-24-17-32-13-15-38(24,31)27(35-26)20-7-9-21(10-8-20)28(39)34-25-16-22(11-12-33-25)19-5-6-19/h7-13,15-17,19,23H,3-6,14,18,31H2,1-2H3/p+1. The molecule has 1 saturated heterocycles. The van der Waals surface area contributed by atoms with Crippen LogP contribution in [0.15, 0.2) is 76.4 Å². The first-order valence-corrected chi connectivity index (χ1v) is 13.8. The fourth-order valence-corrected chi connectivity index (χ4v) is 5.56. The zero-order valence-electron chi connectivity index (χ0n) is 23.2. The fourth-order valence-electron chi connectivity index (χ4n) is 5.56. The SMILES string of the molecule is CN(C)C(=O)C(=O)N1CCCC(C2=C3C=NC=C[N+]3(N)C(c3ccc(C(=O)Nc4cc(C5CC5)ccn4)cc3)=N2)C1. The molecule has 4 aliphatic rings. The van der Waals surface area contributed by atoms with Gasteiger partial charge >= 0.3 is 11.8 Å². The van der Waals surface area contributed by atoms with Crippen molar-refractivity contribution in [3.63, 3.8) is 0 Å². The number of fused-ring (bicyclic) bond motifs is 1. The van der Waals surface area contributed by atoms with Gasteiger partial charge in [0, 0.05) is 44.9 Å². The Morgan fingerprint density at radius 2 is 1.85 bits per heavy atom. The molecule has 1 aliphatic carbocycles. The molecule has 41 heavy (non-hydrogen) atoms. The number of carbonyl (C=O) groups is 3. The Morgan fingerprint density at radius 1 is 1.07 bits per heavy atom. The molecule has 4 heterocycles. The first-order valence-electron chi connectivity index (χ1n) is 13.8. The van der Waals surface area contributed by atoms with Gasteiger partial charge in [-0.15, -0.1) is 4.59 Å². The maximum atomic E-state index is 13.0. The highest BCUT2D eigenvalue weighted by molar-refractivity contribution is 6.34. The van der Waals surface area contributed by atoms with Crippen LogP contribution < -0.4 is 11.2 Å². The van der Waals surface area contributed by atoms with Gasteiger partial charge in [0.15, 0.2) is 0 Å². The number of nitrogens with one attached hydrogen (secondary N) is 1. The summed E-state index contributed by atoms with van der Waals surface area (Å²) >= 11 is 0. The molecule has 2 atom stereocenters. The number of likely N-dealkylation sites (tertiary alicyclic amines) is 1. The van der Waals surface area contributed by atoms with Crippen LogP contribution in [0, 0.1) is 5.92 Å². The van der Waals surface area contributed by atoms with Gasteiger partial charge in [0.2, 0.25) is 5.70 Å². The molecule has 11 nitrogen and oxygen atoms in total. The minimum absolute atomic E-state index is 0.0990. The van der Waals surface area contributed by atoms with E-state index in [1.807, 2.05) is 24.3 Å². The minimum Gasteiger partial charge on any atom is -0.341 e. The van der Waals surface area contributed by atoms with Crippen LogP contribution >= 0.6 is 0 Å². The number of amides is 3. The number of benzene rings is 1. The monoisotopic (exact) mass is 553 g/mol. The Labute approximate surface area is 238 Å². The zero-order chi connectivity index (χ0) is 28.7. The van der Waals surface area contributed by atoms with Gasteiger partial charge in [-0.2, -0.15) is 10.8 Å². The number of anilines is 1. The molecule has 0 radical (unpaired) electrons. The number of hydrogen-bond acceptors (Lipinski definition) is 7. The lowest BCUT2D eigenvalue weighted by Crippen LogP contribution is -2.53. The Balaban J connectivity index is 1.23. The average Bonchev–Trinajstić information content (AvgIpc) is 3.79. The van der Waals surface area contributed by atoms with Crippen LogP contribution in [0.4, 0.5) is 5.82 Å². The molecule has 0 bridgehead atoms. The van der Waals surface area contributed by atoms with Gasteiger partial charge in [0.25, 0.3) is 11.7 Å². The van der Waals surface area contributed by atoms with E-state index in [2.05, 4.69) is 15.3 Å². The third-order valence-electron chi connectivity index (χ3n) is 7.99. The van der Waals surface area contributed by atoms with Crippen molar-refractivity contribution in [2.45, 2.75) is 31.6 Å². The predicted octanol–water partition coefficient (Wildman–Crippen LogP) is 2.76. The quantitative estimate of drug-likeness (QED) is 0.334. The zero-order valence-corrected chi connectivity index (χ0v) is 23.2. The molecule has 11 heteroatoms. The molecular formula is C30H33N8O3+. The fraction of sp³-hybridized carbons (Fsp3) is 0.333. The second-order valence-electron chi connectivity index (χ2n) is 11.1. The van der Waals surface area contributed by atoms with Crippen molar-refractivity contribution in [2.24, 2.45) is 21.7 Å². The molecule has 1 aromatic carbocycles. The van der Waals surface area contributed by atoms with Gasteiger partial charge < -0.3 is 15.1 Å². The Hall–Kier alpha value is -4.48. The van der Waals surface area contributed by atoms with E-state index in [4.69, 9.17) is 10.8 Å². The molecule has 1 saturated carbocycles. The number of pyridine rings is 1. The molecule has 2 fully saturated rings. The number of hydrogen-bond donors (Lipinski definition) is 2. The third kappa shape index (κ3) is 5.09. The largest absolute Gasteiger partial charge is 0.341 e. The number of nitrogens with zero attached hydrogens (tertiary/aromatic N) is 6. The minimum atomic E-state index is -0.541. The molecule has 1 aromatic heterocycles. The third-order valence-corrected chi connectivity index (χ3v) is 7.99. The normalized spacial score (nSPS) is 23.2. The number of likely N-dealkylation sites (N-methyl/N-ethyl adjacent to an activating group) is 1. The van der Waals surface area contributed by atoms with E-state index in [1.54, 1.807) is 55.9 Å². The summed E-state index contributed by atoms with van der Waals surface area (Å²) in [7, 11) is 3.15. The van der Waals surface area contributed by atoms with Crippen molar-refractivity contribution in [3.8, 4) is 0 Å². The van der Waals surface area contributed by atoms with E-state index in [9.17, 15) is 14.4 Å². The van der Waals surface area contributed by atoms with Gasteiger partial charge in [0.05, 0.1) is 18.0 Å². The molecule has 2 aromatic rings. The number of aliphatic imine (C=N–C) groups is 2. The van der Waals surface area contributed by atoms with Gasteiger partial charge in [-0.3, -0.25) is 19.4 Å². The van der Waals surface area contributed by atoms with E-state index in [-0.39, 0.29) is 16.4 Å². The van der Waals surface area contributed by atoms with E-state index < -0.39 is 11.8 Å². The van der Waals surface area contributed by atoms with Crippen LogP contribution in [-0.4, -0.2) is 76.3 Å². The highest BCUT2D eigenvalue weighted by Crippen LogP contribution is 2.40. The second-order valence-corrected chi connectivity index (χ2v) is 11.1. The van der Waals surface area contributed by atoms with Gasteiger partial charge in [-0.25, -0.2) is 4.98 Å². The van der Waals surface area contributed by atoms with E-state index in [0.717, 1.165) is 29.8 Å². The lowest BCUT2D eigenvalue weighted by atomic mass is 9.93. The van der Waals surface area contributed by atoms with Crippen LogP contribution in [0.25, 0.3) is 0 Å². The van der Waals surface area contributed by atoms with Crippen LogP contribution in [-0.2, 0) is 9.59 Å². The van der Waals surface area contributed by atoms with Crippen molar-refractivity contribution in [2.75, 3.05) is 32.5 Å². The van der Waals surface area contributed by atoms with Crippen molar-refractivity contribution >= 4 is 35.6 Å². The summed E-state index contributed by atoms with van der Waals surface area (Å²) in [5.41, 5.74) is 3.94. The summed E-state index contributed by atoms with van der Waals surface area (Å²) in [6.07, 6.45) is 10.8. The Kier molecular flexibility index (Phi) is 6.84. The summed E-state index contributed by atoms with van der Waals surface area (Å²) in [5.74, 6) is 7.21. The molecule has 3 N–H and O–H groups in total. The molecule has 6 rings (SSSR count). The summed E-state index contributed by atoms with van der Waals surface area (Å²) < 4.78 is -0.163. The predicted molar refractivity (Wildman–Crippen MR) is 154 cm³/mol. The first-order chi connectivity index (χ1) is 19.7. The van der Waals surface area contributed by atoms with Crippen LogP contribution in [0.2, 0.25) is 0 Å². The number of aromatic nitrogens is 1. The molecular weight excluding hydrogens is 520 g/mol. The number of rotatable bonds is 5. The van der Waals surface area contributed by atoms with Crippen LogP contribution in [0.3, 0.4) is 0 Å². The van der Waals surface area contributed by atoms with E-state index in [0.29, 0.717) is 36.2 Å². The molecule has 3 aliphatic heterocycles. The van der Waals surface area contributed by atoms with Crippen molar-refractivity contribution in [1.29, 1.82) is 0 Å². The first kappa shape index (κ1) is 26.7. The number of carbonyl (C=O) groups excluding carboxylic acids is 3. The average molecular weight is 554 g/mol. The lowest BCUT2D eigenvalue weighted by molar-refractivity contribution is -0.750. The molecule has 3 amide bonds. The van der Waals surface area contributed by atoms with Gasteiger partial charge in [0.1, 0.15) is 17.7 Å². The van der Waals surface area contributed by atoms with Crippen LogP contribution in [0.5, 0.6) is 0 Å². The molecule has 0 spiro atoms. The number of piperidine rings is 1. The highest BCUT2D eigenvalue weighted by Gasteiger charge is 2.46. The maximum absolute atomic E-state index is 13.0. The Morgan fingerprint density at radius 3 is 2.59 bits per heavy atom. The number of nitrogens with two attached hydrogens (primary N) is 1. The second kappa shape index (κ2) is 10.5. The van der Waals surface area contributed by atoms with E-state index >= 15 is 0 Å². The number of allylic oxidation sites excluding steroid dienone is 1. The topological polar surface area (TPSA) is 133 Å². The van der Waals surface area contributed by atoms with Gasteiger partial charge in [-0.1, -0.05) is 0 Å². The summed E-state index contributed by atoms with van der Waals surface area (Å²) in [5, 5.41) is 2.90. The number of amidine groups is 1. The van der Waals surface area contributed by atoms with Crippen molar-refractivity contribution in [1.82, 2.24) is 14.8 Å². The maximum Gasteiger partial charge on any atom is 0.312 e. The molecule has 210 valence electrons. The molecule has 2 unspecified atom stereocenters. The van der Waals surface area contributed by atoms with E-state index in [1.165, 1.54) is 23.3 Å². The smallest absolute Gasteiger partial charge is 0.312 e. The van der Waals surface area contributed by atoms with Gasteiger partial charge in [-0.05, 0) is 73.6 Å². The van der Waals surface area contributed by atoms with Crippen molar-refractivity contribution in [3.05, 3.63) is 83.1 Å². The summed E-state index contributed by atoms with van der Waals surface area (Å²) in [6.45, 7) is 0.898. The van der Waals surface area contributed by atoms with Crippen LogP contribution in [0.1, 0.15) is 53.1 Å². The Bertz CT molecular complexity index is 1540. The summed E-state index contributed by atoms with van der Waals surface area (Å²) in [4.78, 5) is 54.5. The number of quaternary nitrogens is 1. The summed E-state index contributed by atoms with van der Waals surface area (Å²) in [6, 6.07) is 11.1. The van der Waals surface area contributed by atoms with Crippen molar-refractivity contribution < 1.29 is 19.0 Å². The highest BCUT2D eigenvalue weighted by atomic mass is 16.2. The lowest BCUT2D eigenvalue weighted by Gasteiger charge is -2.33.